The Morgan fingerprint density at radius 3 is 2.56 bits per heavy atom. The molecule has 0 unspecified atom stereocenters. The quantitative estimate of drug-likeness (QED) is 0.159. The van der Waals surface area contributed by atoms with Gasteiger partial charge in [0.15, 0.2) is 11.5 Å². The number of nitriles is 1. The van der Waals surface area contributed by atoms with Crippen molar-refractivity contribution in [3.8, 4) is 23.3 Å². The van der Waals surface area contributed by atoms with E-state index >= 15 is 0 Å². The molecular weight excluding hydrogens is 486 g/mol. The first-order chi connectivity index (χ1) is 17.3. The van der Waals surface area contributed by atoms with Crippen LogP contribution in [0.4, 0.5) is 11.4 Å². The van der Waals surface area contributed by atoms with Gasteiger partial charge in [-0.05, 0) is 60.5 Å². The third-order valence-corrected chi connectivity index (χ3v) is 5.14. The van der Waals surface area contributed by atoms with Crippen LogP contribution in [0.15, 0.2) is 66.2 Å². The Balaban J connectivity index is 1.82. The Hall–Kier alpha value is -4.55. The summed E-state index contributed by atoms with van der Waals surface area (Å²) in [5.74, 6) is 0.579. The van der Waals surface area contributed by atoms with Crippen LogP contribution < -0.4 is 19.5 Å². The zero-order valence-corrected chi connectivity index (χ0v) is 20.2. The Morgan fingerprint density at radius 1 is 1.17 bits per heavy atom. The number of anilines is 1. The highest BCUT2D eigenvalue weighted by Gasteiger charge is 2.16. The molecule has 0 aliphatic heterocycles. The minimum absolute atomic E-state index is 0.0182. The Bertz CT molecular complexity index is 1330. The van der Waals surface area contributed by atoms with E-state index in [1.54, 1.807) is 49.4 Å². The minimum atomic E-state index is -0.595. The second kappa shape index (κ2) is 12.2. The Labute approximate surface area is 212 Å². The van der Waals surface area contributed by atoms with Crippen LogP contribution in [0.25, 0.3) is 6.08 Å². The summed E-state index contributed by atoms with van der Waals surface area (Å²) in [5.41, 5.74) is 1.33. The first-order valence-electron chi connectivity index (χ1n) is 10.7. The Kier molecular flexibility index (Phi) is 8.86. The largest absolute Gasteiger partial charge is 0.497 e. The van der Waals surface area contributed by atoms with Gasteiger partial charge in [-0.3, -0.25) is 14.9 Å². The molecule has 0 fully saturated rings. The molecule has 0 saturated carbocycles. The number of benzene rings is 3. The fourth-order valence-corrected chi connectivity index (χ4v) is 3.45. The molecule has 36 heavy (non-hydrogen) atoms. The highest BCUT2D eigenvalue weighted by atomic mass is 35.5. The number of nitro benzene ring substituents is 1. The molecule has 184 valence electrons. The molecular formula is C26H22ClN3O6. The lowest BCUT2D eigenvalue weighted by molar-refractivity contribution is -0.384. The van der Waals surface area contributed by atoms with E-state index in [2.05, 4.69) is 5.32 Å². The second-order valence-corrected chi connectivity index (χ2v) is 7.74. The van der Waals surface area contributed by atoms with Crippen LogP contribution in [0.3, 0.4) is 0 Å². The lowest BCUT2D eigenvalue weighted by atomic mass is 10.1. The van der Waals surface area contributed by atoms with Crippen LogP contribution in [0.1, 0.15) is 18.1 Å². The van der Waals surface area contributed by atoms with Gasteiger partial charge < -0.3 is 19.5 Å². The van der Waals surface area contributed by atoms with E-state index in [9.17, 15) is 20.2 Å². The van der Waals surface area contributed by atoms with Gasteiger partial charge in [0, 0.05) is 17.8 Å². The maximum atomic E-state index is 12.6. The summed E-state index contributed by atoms with van der Waals surface area (Å²) in [5, 5.41) is 23.4. The molecule has 10 heteroatoms. The van der Waals surface area contributed by atoms with Gasteiger partial charge in [-0.25, -0.2) is 0 Å². The normalized spacial score (nSPS) is 10.8. The van der Waals surface area contributed by atoms with Crippen LogP contribution in [0.5, 0.6) is 17.2 Å². The summed E-state index contributed by atoms with van der Waals surface area (Å²) in [6.45, 7) is 2.11. The fraction of sp³-hybridized carbons (Fsp3) is 0.154. The van der Waals surface area contributed by atoms with Crippen molar-refractivity contribution in [2.45, 2.75) is 13.5 Å². The number of non-ortho nitro benzene ring substituents is 1. The number of rotatable bonds is 10. The minimum Gasteiger partial charge on any atom is -0.497 e. The van der Waals surface area contributed by atoms with Gasteiger partial charge in [0.05, 0.1) is 23.7 Å². The maximum absolute atomic E-state index is 12.6. The number of carbonyl (C=O) groups is 1. The van der Waals surface area contributed by atoms with Crippen LogP contribution in [-0.2, 0) is 11.4 Å². The molecule has 1 N–H and O–H groups in total. The van der Waals surface area contributed by atoms with Gasteiger partial charge in [-0.1, -0.05) is 23.7 Å². The van der Waals surface area contributed by atoms with Crippen molar-refractivity contribution in [1.82, 2.24) is 0 Å². The van der Waals surface area contributed by atoms with E-state index in [1.165, 1.54) is 31.4 Å². The molecule has 3 aromatic carbocycles. The van der Waals surface area contributed by atoms with Gasteiger partial charge in [-0.2, -0.15) is 5.26 Å². The van der Waals surface area contributed by atoms with Gasteiger partial charge in [0.1, 0.15) is 24.0 Å². The maximum Gasteiger partial charge on any atom is 0.269 e. The third kappa shape index (κ3) is 6.74. The smallest absolute Gasteiger partial charge is 0.269 e. The molecule has 3 aromatic rings. The Morgan fingerprint density at radius 2 is 1.92 bits per heavy atom. The molecule has 3 rings (SSSR count). The number of carbonyl (C=O) groups excluding carboxylic acids is 1. The first-order valence-corrected chi connectivity index (χ1v) is 11.1. The van der Waals surface area contributed by atoms with Crippen molar-refractivity contribution < 1.29 is 23.9 Å². The molecule has 0 spiro atoms. The van der Waals surface area contributed by atoms with E-state index < -0.39 is 10.8 Å². The summed E-state index contributed by atoms with van der Waals surface area (Å²) >= 11 is 6.44. The third-order valence-electron chi connectivity index (χ3n) is 4.86. The number of amides is 1. The standard InChI is InChI=1S/C26H22ClN3O6/c1-3-35-24-14-18(11-19(15-28)26(31)29-20-7-9-22(34-2)10-8-20)13-23(27)25(24)36-16-17-5-4-6-21(12-17)30(32)33/h4-14H,3,16H2,1-2H3,(H,29,31)/b19-11+. The first kappa shape index (κ1) is 26.1. The molecule has 9 nitrogen and oxygen atoms in total. The molecule has 1 amide bonds. The topological polar surface area (TPSA) is 124 Å². The summed E-state index contributed by atoms with van der Waals surface area (Å²) in [4.78, 5) is 23.2. The van der Waals surface area contributed by atoms with Crippen LogP contribution in [0, 0.1) is 21.4 Å². The van der Waals surface area contributed by atoms with Gasteiger partial charge in [0.2, 0.25) is 0 Å². The van der Waals surface area contributed by atoms with Crippen molar-refractivity contribution >= 4 is 35.0 Å². The molecule has 0 aromatic heterocycles. The number of halogens is 1. The number of methoxy groups -OCH3 is 1. The number of nitro groups is 1. The van der Waals surface area contributed by atoms with Crippen molar-refractivity contribution in [2.75, 3.05) is 19.0 Å². The number of hydrogen-bond donors (Lipinski definition) is 1. The van der Waals surface area contributed by atoms with Crippen LogP contribution in [-0.4, -0.2) is 24.5 Å². The van der Waals surface area contributed by atoms with E-state index in [-0.39, 0.29) is 28.6 Å². The molecule has 0 saturated heterocycles. The molecule has 0 radical (unpaired) electrons. The van der Waals surface area contributed by atoms with Gasteiger partial charge >= 0.3 is 0 Å². The molecule has 0 atom stereocenters. The predicted molar refractivity (Wildman–Crippen MR) is 135 cm³/mol. The summed E-state index contributed by atoms with van der Waals surface area (Å²) in [7, 11) is 1.54. The lowest BCUT2D eigenvalue weighted by Gasteiger charge is -2.15. The number of hydrogen-bond acceptors (Lipinski definition) is 7. The highest BCUT2D eigenvalue weighted by molar-refractivity contribution is 6.32. The number of nitrogens with one attached hydrogen (secondary N) is 1. The van der Waals surface area contributed by atoms with Gasteiger partial charge in [-0.15, -0.1) is 0 Å². The van der Waals surface area contributed by atoms with Crippen LogP contribution >= 0.6 is 11.6 Å². The number of ether oxygens (including phenoxy) is 3. The highest BCUT2D eigenvalue weighted by Crippen LogP contribution is 2.38. The molecule has 0 aliphatic carbocycles. The molecule has 0 heterocycles. The summed E-state index contributed by atoms with van der Waals surface area (Å²) in [6, 6.07) is 17.8. The lowest BCUT2D eigenvalue weighted by Crippen LogP contribution is -2.13. The average Bonchev–Trinajstić information content (AvgIpc) is 2.87. The SMILES string of the molecule is CCOc1cc(/C=C(\C#N)C(=O)Nc2ccc(OC)cc2)cc(Cl)c1OCc1cccc([N+](=O)[O-])c1. The van der Waals surface area contributed by atoms with Crippen molar-refractivity contribution in [3.05, 3.63) is 92.5 Å². The second-order valence-electron chi connectivity index (χ2n) is 7.33. The monoisotopic (exact) mass is 507 g/mol. The van der Waals surface area contributed by atoms with Crippen molar-refractivity contribution in [3.63, 3.8) is 0 Å². The van der Waals surface area contributed by atoms with E-state index in [0.29, 0.717) is 34.9 Å². The molecule has 0 aliphatic rings. The zero-order chi connectivity index (χ0) is 26.1. The predicted octanol–water partition coefficient (Wildman–Crippen LogP) is 5.78. The van der Waals surface area contributed by atoms with Gasteiger partial charge in [0.25, 0.3) is 11.6 Å². The van der Waals surface area contributed by atoms with E-state index in [4.69, 9.17) is 25.8 Å². The fourth-order valence-electron chi connectivity index (χ4n) is 3.18. The van der Waals surface area contributed by atoms with Crippen molar-refractivity contribution in [1.29, 1.82) is 5.26 Å². The van der Waals surface area contributed by atoms with Crippen LogP contribution in [0.2, 0.25) is 5.02 Å². The summed E-state index contributed by atoms with van der Waals surface area (Å²) in [6.07, 6.45) is 1.39. The average molecular weight is 508 g/mol. The number of nitrogens with zero attached hydrogens (tertiary/aromatic N) is 2. The summed E-state index contributed by atoms with van der Waals surface area (Å²) < 4.78 is 16.6. The van der Waals surface area contributed by atoms with Crippen molar-refractivity contribution in [2.24, 2.45) is 0 Å². The zero-order valence-electron chi connectivity index (χ0n) is 19.5. The van der Waals surface area contributed by atoms with E-state index in [1.807, 2.05) is 6.07 Å². The van der Waals surface area contributed by atoms with E-state index in [0.717, 1.165) is 0 Å². The molecule has 0 bridgehead atoms.